The first-order valence-electron chi connectivity index (χ1n) is 9.29. The molecule has 0 heterocycles. The van der Waals surface area contributed by atoms with Crippen molar-refractivity contribution in [1.29, 1.82) is 5.26 Å². The average molecular weight is 467 g/mol. The Labute approximate surface area is 194 Å². The molecule has 2 N–H and O–H groups in total. The summed E-state index contributed by atoms with van der Waals surface area (Å²) in [6.45, 7) is 0.293. The SMILES string of the molecule is N#C/C(=C\c1ccc(OCc2ccc(Cl)c(Cl)c2)cc1)C(=O)Nc1ccccc1C(=O)O. The molecule has 0 fully saturated rings. The highest BCUT2D eigenvalue weighted by Crippen LogP contribution is 2.24. The van der Waals surface area contributed by atoms with E-state index in [-0.39, 0.29) is 16.8 Å². The van der Waals surface area contributed by atoms with Crippen molar-refractivity contribution < 1.29 is 19.4 Å². The van der Waals surface area contributed by atoms with Gasteiger partial charge in [0.2, 0.25) is 0 Å². The molecule has 6 nitrogen and oxygen atoms in total. The van der Waals surface area contributed by atoms with Gasteiger partial charge in [0.05, 0.1) is 21.3 Å². The number of benzene rings is 3. The second-order valence-corrected chi connectivity index (χ2v) is 7.40. The summed E-state index contributed by atoms with van der Waals surface area (Å²) in [7, 11) is 0. The van der Waals surface area contributed by atoms with E-state index < -0.39 is 11.9 Å². The molecule has 0 aliphatic heterocycles. The zero-order chi connectivity index (χ0) is 23.1. The van der Waals surface area contributed by atoms with E-state index in [1.54, 1.807) is 48.5 Å². The van der Waals surface area contributed by atoms with Crippen LogP contribution in [0.2, 0.25) is 10.0 Å². The average Bonchev–Trinajstić information content (AvgIpc) is 2.79. The van der Waals surface area contributed by atoms with Gasteiger partial charge in [-0.15, -0.1) is 0 Å². The van der Waals surface area contributed by atoms with Crippen LogP contribution in [-0.2, 0) is 11.4 Å². The number of para-hydroxylation sites is 1. The number of hydrogen-bond donors (Lipinski definition) is 2. The van der Waals surface area contributed by atoms with Crippen LogP contribution in [0.1, 0.15) is 21.5 Å². The standard InChI is InChI=1S/C24H16Cl2N2O4/c25-20-10-7-16(12-21(20)26)14-32-18-8-5-15(6-9-18)11-17(13-27)23(29)28-22-4-2-1-3-19(22)24(30)31/h1-12H,14H2,(H,28,29)(H,30,31)/b17-11+. The van der Waals surface area contributed by atoms with Gasteiger partial charge in [0.1, 0.15) is 24.0 Å². The fourth-order valence-corrected chi connectivity index (χ4v) is 3.06. The van der Waals surface area contributed by atoms with E-state index in [4.69, 9.17) is 27.9 Å². The van der Waals surface area contributed by atoms with E-state index >= 15 is 0 Å². The minimum atomic E-state index is -1.18. The lowest BCUT2D eigenvalue weighted by atomic mass is 10.1. The summed E-state index contributed by atoms with van der Waals surface area (Å²) < 4.78 is 5.71. The molecule has 0 aromatic heterocycles. The number of rotatable bonds is 7. The topological polar surface area (TPSA) is 99.4 Å². The molecule has 3 rings (SSSR count). The molecule has 3 aromatic carbocycles. The first kappa shape index (κ1) is 22.9. The summed E-state index contributed by atoms with van der Waals surface area (Å²) >= 11 is 11.9. The largest absolute Gasteiger partial charge is 0.489 e. The van der Waals surface area contributed by atoms with Gasteiger partial charge in [-0.3, -0.25) is 4.79 Å². The molecule has 0 aliphatic carbocycles. The van der Waals surface area contributed by atoms with Crippen LogP contribution in [0.3, 0.4) is 0 Å². The minimum absolute atomic E-state index is 0.0679. The van der Waals surface area contributed by atoms with Crippen LogP contribution in [0.25, 0.3) is 6.08 Å². The Balaban J connectivity index is 1.68. The highest BCUT2D eigenvalue weighted by Gasteiger charge is 2.14. The van der Waals surface area contributed by atoms with Gasteiger partial charge in [-0.05, 0) is 53.6 Å². The Morgan fingerprint density at radius 3 is 2.41 bits per heavy atom. The number of carbonyl (C=O) groups excluding carboxylic acids is 1. The number of carboxylic acids is 1. The zero-order valence-corrected chi connectivity index (χ0v) is 18.0. The smallest absolute Gasteiger partial charge is 0.337 e. The number of nitrogens with one attached hydrogen (secondary N) is 1. The van der Waals surface area contributed by atoms with Crippen molar-refractivity contribution in [1.82, 2.24) is 0 Å². The number of nitriles is 1. The van der Waals surface area contributed by atoms with Gasteiger partial charge in [-0.2, -0.15) is 5.26 Å². The molecule has 0 saturated heterocycles. The predicted molar refractivity (Wildman–Crippen MR) is 123 cm³/mol. The van der Waals surface area contributed by atoms with Gasteiger partial charge in [-0.1, -0.05) is 53.5 Å². The molecule has 0 aliphatic rings. The first-order chi connectivity index (χ1) is 15.4. The molecule has 0 spiro atoms. The maximum absolute atomic E-state index is 12.5. The number of ether oxygens (including phenoxy) is 1. The zero-order valence-electron chi connectivity index (χ0n) is 16.5. The van der Waals surface area contributed by atoms with Gasteiger partial charge in [0.15, 0.2) is 0 Å². The van der Waals surface area contributed by atoms with Gasteiger partial charge in [-0.25, -0.2) is 4.79 Å². The molecular formula is C24H16Cl2N2O4. The van der Waals surface area contributed by atoms with Gasteiger partial charge in [0, 0.05) is 0 Å². The summed E-state index contributed by atoms with van der Waals surface area (Å²) in [5.41, 5.74) is 1.33. The number of halogens is 2. The van der Waals surface area contributed by atoms with Crippen LogP contribution >= 0.6 is 23.2 Å². The Bertz CT molecular complexity index is 1230. The second-order valence-electron chi connectivity index (χ2n) is 6.58. The van der Waals surface area contributed by atoms with Crippen LogP contribution in [0.5, 0.6) is 5.75 Å². The normalized spacial score (nSPS) is 10.8. The second kappa shape index (κ2) is 10.5. The molecule has 0 radical (unpaired) electrons. The summed E-state index contributed by atoms with van der Waals surface area (Å²) in [6, 6.07) is 19.8. The van der Waals surface area contributed by atoms with Crippen LogP contribution in [-0.4, -0.2) is 17.0 Å². The van der Waals surface area contributed by atoms with Crippen LogP contribution in [0.15, 0.2) is 72.3 Å². The van der Waals surface area contributed by atoms with Crippen molar-refractivity contribution in [2.45, 2.75) is 6.61 Å². The summed E-state index contributed by atoms with van der Waals surface area (Å²) in [5, 5.41) is 22.0. The quantitative estimate of drug-likeness (QED) is 0.337. The monoisotopic (exact) mass is 466 g/mol. The van der Waals surface area contributed by atoms with Crippen molar-refractivity contribution in [2.75, 3.05) is 5.32 Å². The summed E-state index contributed by atoms with van der Waals surface area (Å²) in [6.07, 6.45) is 1.40. The number of anilines is 1. The maximum Gasteiger partial charge on any atom is 0.337 e. The van der Waals surface area contributed by atoms with E-state index in [1.807, 2.05) is 12.1 Å². The minimum Gasteiger partial charge on any atom is -0.489 e. The fourth-order valence-electron chi connectivity index (χ4n) is 2.74. The van der Waals surface area contributed by atoms with Crippen molar-refractivity contribution in [3.63, 3.8) is 0 Å². The lowest BCUT2D eigenvalue weighted by Crippen LogP contribution is -2.16. The molecule has 1 amide bonds. The predicted octanol–water partition coefficient (Wildman–Crippen LogP) is 5.82. The van der Waals surface area contributed by atoms with E-state index in [0.29, 0.717) is 28.0 Å². The van der Waals surface area contributed by atoms with Gasteiger partial charge < -0.3 is 15.2 Å². The lowest BCUT2D eigenvalue weighted by Gasteiger charge is -2.08. The van der Waals surface area contributed by atoms with E-state index in [0.717, 1.165) is 5.56 Å². The fraction of sp³-hybridized carbons (Fsp3) is 0.0417. The molecular weight excluding hydrogens is 451 g/mol. The van der Waals surface area contributed by atoms with Crippen molar-refractivity contribution in [3.8, 4) is 11.8 Å². The molecule has 0 bridgehead atoms. The van der Waals surface area contributed by atoms with Crippen LogP contribution < -0.4 is 10.1 Å². The van der Waals surface area contributed by atoms with Gasteiger partial charge in [0.25, 0.3) is 5.91 Å². The molecule has 0 unspecified atom stereocenters. The molecule has 3 aromatic rings. The van der Waals surface area contributed by atoms with Crippen molar-refractivity contribution in [2.24, 2.45) is 0 Å². The number of hydrogen-bond acceptors (Lipinski definition) is 4. The van der Waals surface area contributed by atoms with E-state index in [1.165, 1.54) is 18.2 Å². The van der Waals surface area contributed by atoms with E-state index in [2.05, 4.69) is 5.32 Å². The maximum atomic E-state index is 12.5. The summed E-state index contributed by atoms with van der Waals surface area (Å²) in [5.74, 6) is -1.30. The molecule has 0 atom stereocenters. The number of nitrogens with zero attached hydrogens (tertiary/aromatic N) is 1. The Morgan fingerprint density at radius 1 is 1.03 bits per heavy atom. The van der Waals surface area contributed by atoms with Gasteiger partial charge >= 0.3 is 5.97 Å². The number of amides is 1. The van der Waals surface area contributed by atoms with Crippen molar-refractivity contribution in [3.05, 3.63) is 99.0 Å². The van der Waals surface area contributed by atoms with Crippen LogP contribution in [0.4, 0.5) is 5.69 Å². The third-order valence-corrected chi connectivity index (χ3v) is 5.09. The molecule has 0 saturated carbocycles. The number of carbonyl (C=O) groups is 2. The third kappa shape index (κ3) is 5.88. The Morgan fingerprint density at radius 2 is 1.75 bits per heavy atom. The van der Waals surface area contributed by atoms with Crippen LogP contribution in [0, 0.1) is 11.3 Å². The number of carboxylic acid groups (broad SMARTS) is 1. The highest BCUT2D eigenvalue weighted by atomic mass is 35.5. The molecule has 8 heteroatoms. The summed E-state index contributed by atoms with van der Waals surface area (Å²) in [4.78, 5) is 23.7. The lowest BCUT2D eigenvalue weighted by molar-refractivity contribution is -0.112. The Kier molecular flexibility index (Phi) is 7.50. The van der Waals surface area contributed by atoms with E-state index in [9.17, 15) is 20.0 Å². The first-order valence-corrected chi connectivity index (χ1v) is 10.0. The van der Waals surface area contributed by atoms with Crippen molar-refractivity contribution >= 4 is 46.8 Å². The molecule has 32 heavy (non-hydrogen) atoms. The number of aromatic carboxylic acids is 1. The Hall–Kier alpha value is -3.79. The highest BCUT2D eigenvalue weighted by molar-refractivity contribution is 6.42. The molecule has 160 valence electrons. The third-order valence-electron chi connectivity index (χ3n) is 4.35.